The SMILES string of the molecule is COC(=O)/C=C/c1cc(OC)c(OC)c(S(=O)(=O)NCCCn2nc3ccccn3c2=O)c1. The molecule has 0 saturated carbocycles. The van der Waals surface area contributed by atoms with Crippen LogP contribution in [-0.4, -0.2) is 56.4 Å². The molecular weight excluding hydrogens is 452 g/mol. The van der Waals surface area contributed by atoms with Crippen molar-refractivity contribution in [3.63, 3.8) is 0 Å². The van der Waals surface area contributed by atoms with E-state index < -0.39 is 16.0 Å². The molecule has 1 N–H and O–H groups in total. The summed E-state index contributed by atoms with van der Waals surface area (Å²) in [6.45, 7) is 0.280. The third-order valence-corrected chi connectivity index (χ3v) is 6.16. The maximum atomic E-state index is 13.0. The predicted octanol–water partition coefficient (Wildman–Crippen LogP) is 1.07. The molecule has 0 saturated heterocycles. The summed E-state index contributed by atoms with van der Waals surface area (Å²) in [5.41, 5.74) is 0.608. The number of rotatable bonds is 10. The van der Waals surface area contributed by atoms with Crippen LogP contribution in [0.15, 0.2) is 52.3 Å². The molecule has 0 amide bonds. The largest absolute Gasteiger partial charge is 0.493 e. The summed E-state index contributed by atoms with van der Waals surface area (Å²) in [6.07, 6.45) is 4.51. The second kappa shape index (κ2) is 10.3. The van der Waals surface area contributed by atoms with E-state index in [-0.39, 0.29) is 35.2 Å². The van der Waals surface area contributed by atoms with Crippen molar-refractivity contribution in [2.75, 3.05) is 27.9 Å². The van der Waals surface area contributed by atoms with Gasteiger partial charge in [-0.1, -0.05) is 6.07 Å². The Hall–Kier alpha value is -3.64. The Bertz CT molecular complexity index is 1340. The second-order valence-corrected chi connectivity index (χ2v) is 8.53. The lowest BCUT2D eigenvalue weighted by Gasteiger charge is -2.15. The molecule has 176 valence electrons. The fourth-order valence-corrected chi connectivity index (χ4v) is 4.39. The van der Waals surface area contributed by atoms with E-state index in [0.717, 1.165) is 6.08 Å². The van der Waals surface area contributed by atoms with Crippen LogP contribution in [0.1, 0.15) is 12.0 Å². The molecule has 0 fully saturated rings. The quantitative estimate of drug-likeness (QED) is 0.261. The smallest absolute Gasteiger partial charge is 0.350 e. The maximum absolute atomic E-state index is 13.0. The molecule has 11 nitrogen and oxygen atoms in total. The number of carbonyl (C=O) groups is 1. The van der Waals surface area contributed by atoms with Crippen LogP contribution in [0.2, 0.25) is 0 Å². The van der Waals surface area contributed by atoms with Crippen LogP contribution in [0.4, 0.5) is 0 Å². The average Bonchev–Trinajstić information content (AvgIpc) is 3.15. The van der Waals surface area contributed by atoms with Crippen molar-refractivity contribution in [1.29, 1.82) is 0 Å². The molecule has 12 heteroatoms. The highest BCUT2D eigenvalue weighted by Gasteiger charge is 2.23. The van der Waals surface area contributed by atoms with Gasteiger partial charge in [0, 0.05) is 25.4 Å². The van der Waals surface area contributed by atoms with Crippen molar-refractivity contribution in [1.82, 2.24) is 18.9 Å². The number of nitrogens with one attached hydrogen (secondary N) is 1. The number of methoxy groups -OCH3 is 3. The molecule has 0 radical (unpaired) electrons. The Labute approximate surface area is 190 Å². The van der Waals surface area contributed by atoms with Gasteiger partial charge in [-0.05, 0) is 42.3 Å². The Balaban J connectivity index is 1.77. The highest BCUT2D eigenvalue weighted by atomic mass is 32.2. The van der Waals surface area contributed by atoms with Gasteiger partial charge in [-0.3, -0.25) is 4.40 Å². The number of ether oxygens (including phenoxy) is 3. The zero-order valence-electron chi connectivity index (χ0n) is 18.3. The van der Waals surface area contributed by atoms with E-state index in [1.807, 2.05) is 0 Å². The summed E-state index contributed by atoms with van der Waals surface area (Å²) in [6, 6.07) is 8.10. The maximum Gasteiger partial charge on any atom is 0.350 e. The number of hydrogen-bond donors (Lipinski definition) is 1. The first-order chi connectivity index (χ1) is 15.8. The van der Waals surface area contributed by atoms with Gasteiger partial charge in [0.1, 0.15) is 4.90 Å². The molecule has 3 aromatic rings. The van der Waals surface area contributed by atoms with Crippen molar-refractivity contribution < 1.29 is 27.4 Å². The molecule has 0 bridgehead atoms. The van der Waals surface area contributed by atoms with E-state index >= 15 is 0 Å². The first-order valence-electron chi connectivity index (χ1n) is 9.86. The van der Waals surface area contributed by atoms with Crippen molar-refractivity contribution in [3.8, 4) is 11.5 Å². The summed E-state index contributed by atoms with van der Waals surface area (Å²) >= 11 is 0. The standard InChI is InChI=1S/C21H24N4O7S/c1-30-16-13-15(8-9-19(26)31-2)14-17(20(16)32-3)33(28,29)22-10-6-12-25-21(27)24-11-5-4-7-18(24)23-25/h4-5,7-9,11,13-14,22H,6,10,12H2,1-3H3/b9-8+. The molecule has 2 aromatic heterocycles. The van der Waals surface area contributed by atoms with Crippen molar-refractivity contribution >= 4 is 27.7 Å². The van der Waals surface area contributed by atoms with Crippen LogP contribution in [0, 0.1) is 0 Å². The van der Waals surface area contributed by atoms with Crippen LogP contribution in [-0.2, 0) is 26.1 Å². The van der Waals surface area contributed by atoms with Gasteiger partial charge in [0.15, 0.2) is 17.1 Å². The highest BCUT2D eigenvalue weighted by Crippen LogP contribution is 2.36. The molecule has 0 aliphatic rings. The molecular formula is C21H24N4O7S. The van der Waals surface area contributed by atoms with Crippen molar-refractivity contribution in [2.45, 2.75) is 17.9 Å². The topological polar surface area (TPSA) is 130 Å². The minimum atomic E-state index is -4.01. The van der Waals surface area contributed by atoms with E-state index in [1.54, 1.807) is 24.4 Å². The first-order valence-corrected chi connectivity index (χ1v) is 11.3. The van der Waals surface area contributed by atoms with Gasteiger partial charge in [-0.15, -0.1) is 5.10 Å². The zero-order valence-corrected chi connectivity index (χ0v) is 19.2. The number of fused-ring (bicyclic) bond motifs is 1. The van der Waals surface area contributed by atoms with Gasteiger partial charge in [-0.2, -0.15) is 0 Å². The molecule has 0 aliphatic heterocycles. The summed E-state index contributed by atoms with van der Waals surface area (Å²) in [5.74, 6) is -0.382. The fraction of sp³-hybridized carbons (Fsp3) is 0.286. The Morgan fingerprint density at radius 2 is 1.97 bits per heavy atom. The normalized spacial score (nSPS) is 11.7. The summed E-state index contributed by atoms with van der Waals surface area (Å²) in [5, 5.41) is 4.22. The van der Waals surface area contributed by atoms with Crippen LogP contribution in [0.25, 0.3) is 11.7 Å². The predicted molar refractivity (Wildman–Crippen MR) is 120 cm³/mol. The van der Waals surface area contributed by atoms with Crippen molar-refractivity contribution in [3.05, 3.63) is 58.7 Å². The Morgan fingerprint density at radius 3 is 2.64 bits per heavy atom. The third-order valence-electron chi connectivity index (χ3n) is 4.70. The lowest BCUT2D eigenvalue weighted by Crippen LogP contribution is -2.28. The van der Waals surface area contributed by atoms with E-state index in [0.29, 0.717) is 17.6 Å². The number of sulfonamides is 1. The lowest BCUT2D eigenvalue weighted by atomic mass is 10.2. The van der Waals surface area contributed by atoms with E-state index in [2.05, 4.69) is 14.6 Å². The zero-order chi connectivity index (χ0) is 24.0. The van der Waals surface area contributed by atoms with E-state index in [1.165, 1.54) is 48.6 Å². The van der Waals surface area contributed by atoms with Gasteiger partial charge in [-0.25, -0.2) is 27.4 Å². The third kappa shape index (κ3) is 5.41. The molecule has 0 atom stereocenters. The lowest BCUT2D eigenvalue weighted by molar-refractivity contribution is -0.134. The number of pyridine rings is 1. The van der Waals surface area contributed by atoms with Gasteiger partial charge in [0.2, 0.25) is 10.0 Å². The first kappa shape index (κ1) is 24.0. The number of nitrogens with zero attached hydrogens (tertiary/aromatic N) is 3. The van der Waals surface area contributed by atoms with Gasteiger partial charge >= 0.3 is 11.7 Å². The van der Waals surface area contributed by atoms with Crippen LogP contribution in [0.3, 0.4) is 0 Å². The number of carbonyl (C=O) groups excluding carboxylic acids is 1. The van der Waals surface area contributed by atoms with Crippen LogP contribution in [0.5, 0.6) is 11.5 Å². The van der Waals surface area contributed by atoms with Crippen LogP contribution >= 0.6 is 0 Å². The number of benzene rings is 1. The number of aryl methyl sites for hydroxylation is 1. The number of hydrogen-bond acceptors (Lipinski definition) is 8. The highest BCUT2D eigenvalue weighted by molar-refractivity contribution is 7.89. The molecule has 1 aromatic carbocycles. The molecule has 2 heterocycles. The number of esters is 1. The van der Waals surface area contributed by atoms with Gasteiger partial charge < -0.3 is 14.2 Å². The van der Waals surface area contributed by atoms with Crippen LogP contribution < -0.4 is 19.9 Å². The van der Waals surface area contributed by atoms with Crippen molar-refractivity contribution in [2.24, 2.45) is 0 Å². The molecule has 3 rings (SSSR count). The summed E-state index contributed by atoms with van der Waals surface area (Å²) in [7, 11) is -0.0649. The molecule has 0 aliphatic carbocycles. The number of aromatic nitrogens is 3. The summed E-state index contributed by atoms with van der Waals surface area (Å²) in [4.78, 5) is 23.6. The Kier molecular flexibility index (Phi) is 7.51. The van der Waals surface area contributed by atoms with Gasteiger partial charge in [0.25, 0.3) is 0 Å². The fourth-order valence-electron chi connectivity index (χ4n) is 3.10. The molecule has 0 unspecified atom stereocenters. The molecule has 0 spiro atoms. The average molecular weight is 477 g/mol. The van der Waals surface area contributed by atoms with E-state index in [4.69, 9.17) is 9.47 Å². The molecule has 33 heavy (non-hydrogen) atoms. The monoisotopic (exact) mass is 476 g/mol. The van der Waals surface area contributed by atoms with Gasteiger partial charge in [0.05, 0.1) is 21.3 Å². The minimum Gasteiger partial charge on any atom is -0.493 e. The van der Waals surface area contributed by atoms with E-state index in [9.17, 15) is 18.0 Å². The summed E-state index contributed by atoms with van der Waals surface area (Å²) < 4.78 is 46.3. The second-order valence-electron chi connectivity index (χ2n) is 6.80. The Morgan fingerprint density at radius 1 is 1.18 bits per heavy atom. The minimum absolute atomic E-state index is 0.0248.